The number of carbonyl (C=O) groups is 1. The van der Waals surface area contributed by atoms with Gasteiger partial charge in [-0.15, -0.1) is 0 Å². The van der Waals surface area contributed by atoms with Gasteiger partial charge in [-0.3, -0.25) is 0 Å². The van der Waals surface area contributed by atoms with Crippen LogP contribution in [0.5, 0.6) is 0 Å². The molecule has 0 aromatic heterocycles. The Morgan fingerprint density at radius 1 is 1.30 bits per heavy atom. The highest BCUT2D eigenvalue weighted by molar-refractivity contribution is 7.99. The van der Waals surface area contributed by atoms with Gasteiger partial charge < -0.3 is 15.7 Å². The summed E-state index contributed by atoms with van der Waals surface area (Å²) in [4.78, 5) is 12.2. The Morgan fingerprint density at radius 2 is 2.00 bits per heavy atom. The zero-order valence-electron chi connectivity index (χ0n) is 12.7. The van der Waals surface area contributed by atoms with E-state index in [1.807, 2.05) is 18.7 Å². The molecule has 0 aromatic rings. The number of rotatable bonds is 6. The van der Waals surface area contributed by atoms with Gasteiger partial charge in [-0.05, 0) is 44.3 Å². The zero-order chi connectivity index (χ0) is 14.6. The van der Waals surface area contributed by atoms with Gasteiger partial charge in [0.2, 0.25) is 0 Å². The molecule has 20 heavy (non-hydrogen) atoms. The van der Waals surface area contributed by atoms with E-state index in [9.17, 15) is 9.90 Å². The van der Waals surface area contributed by atoms with Gasteiger partial charge in [0, 0.05) is 11.3 Å². The molecular weight excluding hydrogens is 272 g/mol. The molecule has 0 bridgehead atoms. The Hall–Kier alpha value is -0.420. The lowest BCUT2D eigenvalue weighted by molar-refractivity contribution is 0.153. The molecule has 116 valence electrons. The highest BCUT2D eigenvalue weighted by Gasteiger charge is 2.42. The van der Waals surface area contributed by atoms with Gasteiger partial charge in [-0.25, -0.2) is 4.79 Å². The number of urea groups is 1. The minimum absolute atomic E-state index is 0.0168. The lowest BCUT2D eigenvalue weighted by atomic mass is 9.94. The van der Waals surface area contributed by atoms with Crippen molar-refractivity contribution in [3.8, 4) is 0 Å². The molecule has 0 heterocycles. The molecule has 2 fully saturated rings. The predicted octanol–water partition coefficient (Wildman–Crippen LogP) is 2.51. The molecule has 2 saturated carbocycles. The second-order valence-electron chi connectivity index (χ2n) is 6.33. The Labute approximate surface area is 126 Å². The maximum Gasteiger partial charge on any atom is 0.315 e. The van der Waals surface area contributed by atoms with Crippen LogP contribution in [-0.4, -0.2) is 40.3 Å². The van der Waals surface area contributed by atoms with Crippen molar-refractivity contribution in [1.82, 2.24) is 10.6 Å². The van der Waals surface area contributed by atoms with Gasteiger partial charge in [0.25, 0.3) is 0 Å². The average Bonchev–Trinajstić information content (AvgIpc) is 3.26. The average molecular weight is 300 g/mol. The molecule has 0 aromatic carbocycles. The van der Waals surface area contributed by atoms with Crippen molar-refractivity contribution >= 4 is 17.8 Å². The van der Waals surface area contributed by atoms with Crippen molar-refractivity contribution in [3.63, 3.8) is 0 Å². The number of hydrogen-bond acceptors (Lipinski definition) is 3. The highest BCUT2D eigenvalue weighted by Crippen LogP contribution is 2.39. The number of amides is 2. The Kier molecular flexibility index (Phi) is 5.61. The summed E-state index contributed by atoms with van der Waals surface area (Å²) in [5, 5.41) is 16.2. The third-order valence-corrected chi connectivity index (χ3v) is 5.93. The predicted molar refractivity (Wildman–Crippen MR) is 84.1 cm³/mol. The SMILES string of the molecule is CCSC1CCCCC1NC(=O)NC(C)(CO)C1CC1. The summed E-state index contributed by atoms with van der Waals surface area (Å²) in [6, 6.07) is 0.165. The van der Waals surface area contributed by atoms with Gasteiger partial charge >= 0.3 is 6.03 Å². The normalized spacial score (nSPS) is 29.6. The van der Waals surface area contributed by atoms with Gasteiger partial charge in [-0.1, -0.05) is 19.8 Å². The highest BCUT2D eigenvalue weighted by atomic mass is 32.2. The van der Waals surface area contributed by atoms with E-state index in [1.165, 1.54) is 19.3 Å². The van der Waals surface area contributed by atoms with E-state index in [4.69, 9.17) is 0 Å². The minimum Gasteiger partial charge on any atom is -0.394 e. The lowest BCUT2D eigenvalue weighted by Crippen LogP contribution is -2.57. The molecule has 0 spiro atoms. The van der Waals surface area contributed by atoms with Crippen LogP contribution in [0.1, 0.15) is 52.4 Å². The molecule has 0 saturated heterocycles. The van der Waals surface area contributed by atoms with E-state index in [2.05, 4.69) is 17.6 Å². The maximum atomic E-state index is 12.2. The van der Waals surface area contributed by atoms with Crippen LogP contribution in [-0.2, 0) is 0 Å². The van der Waals surface area contributed by atoms with E-state index in [0.717, 1.165) is 25.0 Å². The van der Waals surface area contributed by atoms with Crippen molar-refractivity contribution < 1.29 is 9.90 Å². The summed E-state index contributed by atoms with van der Waals surface area (Å²) in [7, 11) is 0. The number of nitrogens with one attached hydrogen (secondary N) is 2. The van der Waals surface area contributed by atoms with Gasteiger partial charge in [0.1, 0.15) is 0 Å². The number of aliphatic hydroxyl groups excluding tert-OH is 1. The first kappa shape index (κ1) is 16.0. The van der Waals surface area contributed by atoms with Crippen LogP contribution in [0, 0.1) is 5.92 Å². The van der Waals surface area contributed by atoms with Crippen molar-refractivity contribution in [2.75, 3.05) is 12.4 Å². The molecule has 4 nitrogen and oxygen atoms in total. The molecule has 3 unspecified atom stereocenters. The molecule has 3 N–H and O–H groups in total. The number of carbonyl (C=O) groups excluding carboxylic acids is 1. The Balaban J connectivity index is 1.85. The summed E-state index contributed by atoms with van der Waals surface area (Å²) >= 11 is 1.95. The molecular formula is C15H28N2O2S. The molecule has 0 aliphatic heterocycles. The van der Waals surface area contributed by atoms with E-state index < -0.39 is 5.54 Å². The standard InChI is InChI=1S/C15H28N2O2S/c1-3-20-13-7-5-4-6-12(13)16-14(19)17-15(2,10-18)11-8-9-11/h11-13,18H,3-10H2,1-2H3,(H2,16,17,19). The summed E-state index contributed by atoms with van der Waals surface area (Å²) in [5.41, 5.74) is -0.452. The van der Waals surface area contributed by atoms with Gasteiger partial charge in [-0.2, -0.15) is 11.8 Å². The fourth-order valence-corrected chi connectivity index (χ4v) is 4.33. The van der Waals surface area contributed by atoms with Crippen LogP contribution in [0.25, 0.3) is 0 Å². The third-order valence-electron chi connectivity index (χ3n) is 4.61. The summed E-state index contributed by atoms with van der Waals surface area (Å²) in [5.74, 6) is 1.53. The molecule has 5 heteroatoms. The lowest BCUT2D eigenvalue weighted by Gasteiger charge is -2.34. The van der Waals surface area contributed by atoms with Crippen LogP contribution in [0.2, 0.25) is 0 Å². The topological polar surface area (TPSA) is 61.4 Å². The van der Waals surface area contributed by atoms with Crippen molar-refractivity contribution in [2.24, 2.45) is 5.92 Å². The molecule has 2 aliphatic carbocycles. The molecule has 0 radical (unpaired) electrons. The summed E-state index contributed by atoms with van der Waals surface area (Å²) in [6.07, 6.45) is 6.96. The van der Waals surface area contributed by atoms with Crippen LogP contribution in [0.3, 0.4) is 0 Å². The van der Waals surface area contributed by atoms with Crippen LogP contribution in [0.4, 0.5) is 4.79 Å². The van der Waals surface area contributed by atoms with Gasteiger partial charge in [0.05, 0.1) is 12.1 Å². The number of hydrogen-bond donors (Lipinski definition) is 3. The van der Waals surface area contributed by atoms with E-state index in [-0.39, 0.29) is 18.7 Å². The second-order valence-corrected chi connectivity index (χ2v) is 7.85. The second kappa shape index (κ2) is 7.03. The van der Waals surface area contributed by atoms with E-state index in [0.29, 0.717) is 11.2 Å². The first-order valence-electron chi connectivity index (χ1n) is 7.90. The third kappa shape index (κ3) is 4.04. The van der Waals surface area contributed by atoms with Crippen LogP contribution in [0.15, 0.2) is 0 Å². The fraction of sp³-hybridized carbons (Fsp3) is 0.933. The summed E-state index contributed by atoms with van der Waals surface area (Å²) < 4.78 is 0. The maximum absolute atomic E-state index is 12.2. The monoisotopic (exact) mass is 300 g/mol. The minimum atomic E-state index is -0.452. The van der Waals surface area contributed by atoms with Crippen LogP contribution < -0.4 is 10.6 Å². The fourth-order valence-electron chi connectivity index (χ4n) is 3.13. The van der Waals surface area contributed by atoms with Crippen molar-refractivity contribution in [2.45, 2.75) is 69.2 Å². The quantitative estimate of drug-likeness (QED) is 0.706. The number of thioether (sulfide) groups is 1. The molecule has 2 aliphatic rings. The van der Waals surface area contributed by atoms with Crippen molar-refractivity contribution in [1.29, 1.82) is 0 Å². The largest absolute Gasteiger partial charge is 0.394 e. The zero-order valence-corrected chi connectivity index (χ0v) is 13.5. The van der Waals surface area contributed by atoms with Crippen molar-refractivity contribution in [3.05, 3.63) is 0 Å². The van der Waals surface area contributed by atoms with E-state index >= 15 is 0 Å². The van der Waals surface area contributed by atoms with Gasteiger partial charge in [0.15, 0.2) is 0 Å². The first-order valence-corrected chi connectivity index (χ1v) is 8.95. The molecule has 3 atom stereocenters. The first-order chi connectivity index (χ1) is 9.59. The van der Waals surface area contributed by atoms with Crippen LogP contribution >= 0.6 is 11.8 Å². The summed E-state index contributed by atoms with van der Waals surface area (Å²) in [6.45, 7) is 4.14. The van der Waals surface area contributed by atoms with E-state index in [1.54, 1.807) is 0 Å². The molecule has 2 amide bonds. The Bertz CT molecular complexity index is 334. The molecule has 2 rings (SSSR count). The smallest absolute Gasteiger partial charge is 0.315 e. The number of aliphatic hydroxyl groups is 1. The Morgan fingerprint density at radius 3 is 2.60 bits per heavy atom.